The number of nitrogens with zero attached hydrogens (tertiary/aromatic N) is 4. The van der Waals surface area contributed by atoms with Crippen molar-refractivity contribution in [2.75, 3.05) is 0 Å². The molecule has 52 heavy (non-hydrogen) atoms. The van der Waals surface area contributed by atoms with Gasteiger partial charge in [-0.3, -0.25) is 0 Å². The summed E-state index contributed by atoms with van der Waals surface area (Å²) >= 11 is 3.54. The summed E-state index contributed by atoms with van der Waals surface area (Å²) in [6.45, 7) is 17.7. The number of rotatable bonds is 6. The molecule has 264 valence electrons. The van der Waals surface area contributed by atoms with Crippen molar-refractivity contribution in [3.05, 3.63) is 107 Å². The molecule has 5 nitrogen and oxygen atoms in total. The maximum atomic E-state index is 6.42. The van der Waals surface area contributed by atoms with Crippen LogP contribution in [0.2, 0.25) is 0 Å². The molecule has 0 radical (unpaired) electrons. The number of hydrogen-bond donors (Lipinski definition) is 0. The minimum Gasteiger partial charge on any atom is -0.497 e. The molecule has 0 fully saturated rings. The molecule has 0 atom stereocenters. The van der Waals surface area contributed by atoms with Gasteiger partial charge >= 0.3 is 21.1 Å². The molecule has 4 heterocycles. The van der Waals surface area contributed by atoms with E-state index in [0.29, 0.717) is 11.5 Å². The molecular formula is C44H40N4OPtS2. The molecule has 0 amide bonds. The quantitative estimate of drug-likeness (QED) is 0.156. The van der Waals surface area contributed by atoms with Gasteiger partial charge in [0.2, 0.25) is 0 Å². The molecule has 0 saturated heterocycles. The summed E-state index contributed by atoms with van der Waals surface area (Å²) in [4.78, 5) is 0. The van der Waals surface area contributed by atoms with Gasteiger partial charge in [-0.1, -0.05) is 77.9 Å². The summed E-state index contributed by atoms with van der Waals surface area (Å²) in [6.07, 6.45) is 2.05. The molecule has 0 unspecified atom stereocenters. The summed E-state index contributed by atoms with van der Waals surface area (Å²) in [7, 11) is 0. The topological polar surface area (TPSA) is 60.8 Å². The van der Waals surface area contributed by atoms with Gasteiger partial charge in [0.15, 0.2) is 0 Å². The van der Waals surface area contributed by atoms with Crippen molar-refractivity contribution in [2.45, 2.75) is 68.2 Å². The maximum absolute atomic E-state index is 6.42. The molecule has 4 aromatic heterocycles. The number of benzene rings is 4. The predicted octanol–water partition coefficient (Wildman–Crippen LogP) is 12.5. The van der Waals surface area contributed by atoms with Crippen LogP contribution in [-0.2, 0) is 33.9 Å². The molecule has 0 aliphatic rings. The van der Waals surface area contributed by atoms with E-state index >= 15 is 0 Å². The molecule has 8 heteroatoms. The normalized spacial score (nSPS) is 12.2. The molecule has 8 aromatic rings. The van der Waals surface area contributed by atoms with E-state index in [4.69, 9.17) is 4.74 Å². The Morgan fingerprint density at radius 2 is 1.00 bits per heavy atom. The van der Waals surface area contributed by atoms with Gasteiger partial charge in [0, 0.05) is 63.2 Å². The minimum atomic E-state index is 0. The summed E-state index contributed by atoms with van der Waals surface area (Å²) in [5.41, 5.74) is 8.28. The second-order valence-electron chi connectivity index (χ2n) is 16.0. The molecule has 0 spiro atoms. The van der Waals surface area contributed by atoms with Crippen molar-refractivity contribution < 1.29 is 25.8 Å². The van der Waals surface area contributed by atoms with E-state index in [0.717, 1.165) is 66.9 Å². The number of aromatic nitrogens is 4. The Morgan fingerprint density at radius 1 is 0.577 bits per heavy atom. The van der Waals surface area contributed by atoms with Crippen molar-refractivity contribution in [3.63, 3.8) is 0 Å². The predicted molar refractivity (Wildman–Crippen MR) is 214 cm³/mol. The summed E-state index contributed by atoms with van der Waals surface area (Å²) in [5.74, 6) is 1.16. The van der Waals surface area contributed by atoms with Gasteiger partial charge in [-0.2, -0.15) is 20.4 Å². The third-order valence-corrected chi connectivity index (χ3v) is 11.3. The van der Waals surface area contributed by atoms with Gasteiger partial charge in [-0.25, -0.2) is 0 Å². The van der Waals surface area contributed by atoms with Crippen LogP contribution in [0.5, 0.6) is 11.5 Å². The molecule has 0 aliphatic carbocycles. The monoisotopic (exact) mass is 899 g/mol. The van der Waals surface area contributed by atoms with Crippen molar-refractivity contribution >= 4 is 63.0 Å². The fourth-order valence-corrected chi connectivity index (χ4v) is 9.62. The van der Waals surface area contributed by atoms with Crippen LogP contribution in [0.25, 0.3) is 62.9 Å². The number of ether oxygens (including phenoxy) is 1. The Kier molecular flexibility index (Phi) is 9.60. The van der Waals surface area contributed by atoms with Crippen molar-refractivity contribution in [1.29, 1.82) is 0 Å². The van der Waals surface area contributed by atoms with Gasteiger partial charge in [-0.15, -0.1) is 70.2 Å². The van der Waals surface area contributed by atoms with E-state index in [1.165, 1.54) is 31.3 Å². The van der Waals surface area contributed by atoms with Gasteiger partial charge in [0.05, 0.1) is 11.4 Å². The molecule has 0 N–H and O–H groups in total. The van der Waals surface area contributed by atoms with Crippen LogP contribution in [0.3, 0.4) is 0 Å². The van der Waals surface area contributed by atoms with E-state index in [9.17, 15) is 0 Å². The van der Waals surface area contributed by atoms with Gasteiger partial charge in [-0.05, 0) is 60.8 Å². The third kappa shape index (κ3) is 7.16. The first kappa shape index (κ1) is 36.3. The zero-order valence-electron chi connectivity index (χ0n) is 30.7. The largest absolute Gasteiger partial charge is 2.00 e. The van der Waals surface area contributed by atoms with Crippen molar-refractivity contribution in [1.82, 2.24) is 20.4 Å². The molecule has 0 saturated carbocycles. The number of hydrogen-bond acceptors (Lipinski definition) is 7. The van der Waals surface area contributed by atoms with E-state index in [1.54, 1.807) is 22.7 Å². The van der Waals surface area contributed by atoms with E-state index < -0.39 is 0 Å². The van der Waals surface area contributed by atoms with Gasteiger partial charge < -0.3 is 4.74 Å². The second kappa shape index (κ2) is 13.7. The number of fused-ring (bicyclic) bond motifs is 6. The van der Waals surface area contributed by atoms with Crippen LogP contribution in [0.4, 0.5) is 0 Å². The Bertz CT molecular complexity index is 2450. The van der Waals surface area contributed by atoms with Gasteiger partial charge in [0.25, 0.3) is 0 Å². The standard InChI is InChI=1S/C44H40N4OS2.Pt/c1-25-37-33-17-15-27(23-43(3,4)5)19-35(33)50-41(37)39(47-45-25)29-11-9-13-31(21-29)49-32-14-10-12-30(22-32)40-42-38(26(2)46-48-40)34-18-16-28(20-36(34)51-42)24-44(6,7)8;/h9-20H,23-24H2,1-8H3;/q-2;+2. The van der Waals surface area contributed by atoms with Crippen LogP contribution in [-0.4, -0.2) is 20.4 Å². The van der Waals surface area contributed by atoms with Gasteiger partial charge in [0.1, 0.15) is 0 Å². The van der Waals surface area contributed by atoms with Crippen LogP contribution in [0.1, 0.15) is 64.1 Å². The maximum Gasteiger partial charge on any atom is 2.00 e. The zero-order chi connectivity index (χ0) is 35.7. The first-order chi connectivity index (χ1) is 24.3. The molecule has 0 bridgehead atoms. The Balaban J connectivity index is 0.00000420. The Labute approximate surface area is 327 Å². The van der Waals surface area contributed by atoms with E-state index in [1.807, 2.05) is 50.2 Å². The van der Waals surface area contributed by atoms with Crippen molar-refractivity contribution in [3.8, 4) is 34.0 Å². The summed E-state index contributed by atoms with van der Waals surface area (Å²) < 4.78 is 11.1. The first-order valence-corrected chi connectivity index (χ1v) is 19.0. The third-order valence-electron chi connectivity index (χ3n) is 9.00. The van der Waals surface area contributed by atoms with Crippen molar-refractivity contribution in [2.24, 2.45) is 10.8 Å². The van der Waals surface area contributed by atoms with Crippen LogP contribution in [0.15, 0.2) is 72.8 Å². The van der Waals surface area contributed by atoms with Crippen LogP contribution in [0, 0.1) is 36.8 Å². The SMILES string of the molecule is Cc1nnc(-c2[c-]c(Oc3[c-]c(-c4nnc(C)c5c4sc4cc(CC(C)(C)C)ccc45)ccc3)ccc2)c2sc3cc(CC(C)(C)C)ccc3c12.[Pt+2]. The fraction of sp³-hybridized carbons (Fsp3) is 0.273. The Hall–Kier alpha value is -4.03. The van der Waals surface area contributed by atoms with E-state index in [2.05, 4.69) is 110 Å². The smallest absolute Gasteiger partial charge is 0.497 e. The number of aryl methyl sites for hydroxylation is 2. The molecular weight excluding hydrogens is 860 g/mol. The summed E-state index contributed by atoms with van der Waals surface area (Å²) in [6, 6.07) is 32.4. The first-order valence-electron chi connectivity index (χ1n) is 17.4. The Morgan fingerprint density at radius 3 is 1.40 bits per heavy atom. The van der Waals surface area contributed by atoms with E-state index in [-0.39, 0.29) is 31.9 Å². The minimum absolute atomic E-state index is 0. The molecule has 0 aliphatic heterocycles. The zero-order valence-corrected chi connectivity index (χ0v) is 34.6. The number of thiophene rings is 2. The fourth-order valence-electron chi connectivity index (χ4n) is 6.98. The van der Waals surface area contributed by atoms with Crippen LogP contribution >= 0.6 is 22.7 Å². The van der Waals surface area contributed by atoms with Crippen LogP contribution < -0.4 is 4.74 Å². The molecule has 8 rings (SSSR count). The average Bonchev–Trinajstić information content (AvgIpc) is 3.63. The average molecular weight is 900 g/mol. The molecule has 4 aromatic carbocycles. The summed E-state index contributed by atoms with van der Waals surface area (Å²) in [5, 5.41) is 23.3. The second-order valence-corrected chi connectivity index (χ2v) is 18.1.